The lowest BCUT2D eigenvalue weighted by Gasteiger charge is -2.30. The van der Waals surface area contributed by atoms with Gasteiger partial charge in [0.25, 0.3) is 0 Å². The fraction of sp³-hybridized carbons (Fsp3) is 1.00. The van der Waals surface area contributed by atoms with E-state index in [9.17, 15) is 0 Å². The van der Waals surface area contributed by atoms with Gasteiger partial charge in [0, 0.05) is 0 Å². The molecule has 98 valence electrons. The van der Waals surface area contributed by atoms with Crippen molar-refractivity contribution in [2.45, 2.75) is 53.9 Å². The maximum absolute atomic E-state index is 5.68. The lowest BCUT2D eigenvalue weighted by molar-refractivity contribution is 0.210. The number of rotatable bonds is 8. The van der Waals surface area contributed by atoms with E-state index in [1.165, 1.54) is 12.8 Å². The van der Waals surface area contributed by atoms with Crippen LogP contribution in [0.15, 0.2) is 0 Å². The number of nitrogens with two attached hydrogens (primary N) is 1. The average molecular weight is 228 g/mol. The van der Waals surface area contributed by atoms with E-state index in [4.69, 9.17) is 5.73 Å². The van der Waals surface area contributed by atoms with Gasteiger partial charge in [-0.25, -0.2) is 0 Å². The van der Waals surface area contributed by atoms with Crippen molar-refractivity contribution in [3.05, 3.63) is 0 Å². The number of hydrogen-bond donors (Lipinski definition) is 2. The normalized spacial score (nSPS) is 14.4. The van der Waals surface area contributed by atoms with E-state index < -0.39 is 0 Å². The zero-order chi connectivity index (χ0) is 12.6. The molecule has 0 aliphatic carbocycles. The molecule has 1 unspecified atom stereocenters. The third-order valence-corrected chi connectivity index (χ3v) is 3.20. The molecule has 3 N–H and O–H groups in total. The second-order valence-electron chi connectivity index (χ2n) is 6.38. The molecule has 1 atom stereocenters. The highest BCUT2D eigenvalue weighted by Gasteiger charge is 2.22. The van der Waals surface area contributed by atoms with E-state index >= 15 is 0 Å². The van der Waals surface area contributed by atoms with E-state index in [0.29, 0.717) is 5.41 Å². The maximum Gasteiger partial charge on any atom is -0.00258 e. The van der Waals surface area contributed by atoms with Gasteiger partial charge in [0.05, 0.1) is 0 Å². The molecule has 0 saturated heterocycles. The summed E-state index contributed by atoms with van der Waals surface area (Å²) in [6, 6.07) is 0. The molecule has 16 heavy (non-hydrogen) atoms. The molecule has 0 fully saturated rings. The first kappa shape index (κ1) is 15.9. The molecule has 0 saturated carbocycles. The molecule has 0 aliphatic heterocycles. The van der Waals surface area contributed by atoms with E-state index in [2.05, 4.69) is 39.9 Å². The Kier molecular flexibility index (Phi) is 8.04. The molecule has 0 aromatic heterocycles. The molecule has 0 amide bonds. The molecule has 0 rings (SSSR count). The summed E-state index contributed by atoms with van der Waals surface area (Å²) in [6.07, 6.45) is 3.73. The lowest BCUT2D eigenvalue weighted by Crippen LogP contribution is -2.26. The van der Waals surface area contributed by atoms with Crippen LogP contribution in [0.1, 0.15) is 53.9 Å². The summed E-state index contributed by atoms with van der Waals surface area (Å²) in [6.45, 7) is 14.6. The van der Waals surface area contributed by atoms with Crippen LogP contribution in [-0.2, 0) is 0 Å². The molecule has 2 heteroatoms. The minimum Gasteiger partial charge on any atom is -0.330 e. The molecular formula is C14H32N2. The van der Waals surface area contributed by atoms with E-state index in [-0.39, 0.29) is 0 Å². The van der Waals surface area contributed by atoms with Crippen molar-refractivity contribution in [3.8, 4) is 0 Å². The molecule has 0 spiro atoms. The summed E-state index contributed by atoms with van der Waals surface area (Å²) in [5.74, 6) is 1.51. The van der Waals surface area contributed by atoms with Crippen LogP contribution in [0.4, 0.5) is 0 Å². The largest absolute Gasteiger partial charge is 0.330 e. The van der Waals surface area contributed by atoms with Crippen molar-refractivity contribution >= 4 is 0 Å². The average Bonchev–Trinajstić information content (AvgIpc) is 2.13. The molecule has 2 nitrogen and oxygen atoms in total. The van der Waals surface area contributed by atoms with Crippen LogP contribution in [0.3, 0.4) is 0 Å². The predicted octanol–water partition coefficient (Wildman–Crippen LogP) is 3.02. The fourth-order valence-corrected chi connectivity index (χ4v) is 2.08. The third kappa shape index (κ3) is 8.12. The van der Waals surface area contributed by atoms with Crippen molar-refractivity contribution in [1.29, 1.82) is 0 Å². The van der Waals surface area contributed by atoms with Crippen LogP contribution in [-0.4, -0.2) is 19.6 Å². The van der Waals surface area contributed by atoms with Gasteiger partial charge in [0.15, 0.2) is 0 Å². The maximum atomic E-state index is 5.68. The molecule has 0 aliphatic rings. The molecule has 0 aromatic rings. The van der Waals surface area contributed by atoms with Crippen LogP contribution in [0.25, 0.3) is 0 Å². The van der Waals surface area contributed by atoms with Gasteiger partial charge in [-0.2, -0.15) is 0 Å². The van der Waals surface area contributed by atoms with Gasteiger partial charge in [0.2, 0.25) is 0 Å². The first-order chi connectivity index (χ1) is 7.38. The van der Waals surface area contributed by atoms with Crippen molar-refractivity contribution in [3.63, 3.8) is 0 Å². The Bertz CT molecular complexity index is 159. The van der Waals surface area contributed by atoms with Crippen LogP contribution in [0.2, 0.25) is 0 Å². The first-order valence-corrected chi connectivity index (χ1v) is 6.78. The quantitative estimate of drug-likeness (QED) is 0.627. The van der Waals surface area contributed by atoms with Crippen LogP contribution in [0.5, 0.6) is 0 Å². The van der Waals surface area contributed by atoms with E-state index in [0.717, 1.165) is 37.9 Å². The smallest absolute Gasteiger partial charge is 0.00258 e. The minimum absolute atomic E-state index is 0.400. The van der Waals surface area contributed by atoms with Gasteiger partial charge in [-0.1, -0.05) is 34.6 Å². The second kappa shape index (κ2) is 8.08. The van der Waals surface area contributed by atoms with Crippen LogP contribution in [0, 0.1) is 17.3 Å². The Morgan fingerprint density at radius 2 is 1.75 bits per heavy atom. The Labute approximate surface area is 102 Å². The summed E-state index contributed by atoms with van der Waals surface area (Å²) in [5, 5.41) is 3.50. The Morgan fingerprint density at radius 1 is 1.12 bits per heavy atom. The Morgan fingerprint density at radius 3 is 2.19 bits per heavy atom. The monoisotopic (exact) mass is 228 g/mol. The molecular weight excluding hydrogens is 196 g/mol. The van der Waals surface area contributed by atoms with E-state index in [1.807, 2.05) is 0 Å². The summed E-state index contributed by atoms with van der Waals surface area (Å²) in [4.78, 5) is 0. The Hall–Kier alpha value is -0.0800. The van der Waals surface area contributed by atoms with Crippen molar-refractivity contribution in [2.75, 3.05) is 19.6 Å². The predicted molar refractivity (Wildman–Crippen MR) is 73.6 cm³/mol. The second-order valence-corrected chi connectivity index (χ2v) is 6.38. The molecule has 0 radical (unpaired) electrons. The van der Waals surface area contributed by atoms with Crippen LogP contribution < -0.4 is 11.1 Å². The first-order valence-electron chi connectivity index (χ1n) is 6.78. The summed E-state index contributed by atoms with van der Waals surface area (Å²) >= 11 is 0. The molecule has 0 aromatic carbocycles. The number of hydrogen-bond acceptors (Lipinski definition) is 2. The summed E-state index contributed by atoms with van der Waals surface area (Å²) < 4.78 is 0. The highest BCUT2D eigenvalue weighted by atomic mass is 14.8. The lowest BCUT2D eigenvalue weighted by atomic mass is 9.76. The summed E-state index contributed by atoms with van der Waals surface area (Å²) in [5.41, 5.74) is 6.08. The number of nitrogens with one attached hydrogen (secondary N) is 1. The molecule has 0 bridgehead atoms. The zero-order valence-corrected chi connectivity index (χ0v) is 12.0. The standard InChI is InChI=1S/C14H32N2/c1-12(2)11-16-10-6-7-13(8-9-15)14(3,4)5/h12-13,16H,6-11,15H2,1-5H3. The topological polar surface area (TPSA) is 38.0 Å². The highest BCUT2D eigenvalue weighted by molar-refractivity contribution is 4.74. The SMILES string of the molecule is CC(C)CNCCCC(CCN)C(C)(C)C. The zero-order valence-electron chi connectivity index (χ0n) is 12.0. The van der Waals surface area contributed by atoms with Gasteiger partial charge in [-0.05, 0) is 56.1 Å². The summed E-state index contributed by atoms with van der Waals surface area (Å²) in [7, 11) is 0. The van der Waals surface area contributed by atoms with E-state index in [1.54, 1.807) is 0 Å². The van der Waals surface area contributed by atoms with Crippen molar-refractivity contribution < 1.29 is 0 Å². The fourth-order valence-electron chi connectivity index (χ4n) is 2.08. The van der Waals surface area contributed by atoms with Crippen molar-refractivity contribution in [2.24, 2.45) is 23.0 Å². The van der Waals surface area contributed by atoms with Gasteiger partial charge < -0.3 is 11.1 Å². The van der Waals surface area contributed by atoms with Gasteiger partial charge in [0.1, 0.15) is 0 Å². The van der Waals surface area contributed by atoms with Crippen LogP contribution >= 0.6 is 0 Å². The van der Waals surface area contributed by atoms with Gasteiger partial charge >= 0.3 is 0 Å². The highest BCUT2D eigenvalue weighted by Crippen LogP contribution is 2.31. The van der Waals surface area contributed by atoms with Crippen molar-refractivity contribution in [1.82, 2.24) is 5.32 Å². The minimum atomic E-state index is 0.400. The van der Waals surface area contributed by atoms with Gasteiger partial charge in [-0.3, -0.25) is 0 Å². The van der Waals surface area contributed by atoms with Gasteiger partial charge in [-0.15, -0.1) is 0 Å². The third-order valence-electron chi connectivity index (χ3n) is 3.20. The Balaban J connectivity index is 3.69. The molecule has 0 heterocycles.